The van der Waals surface area contributed by atoms with Gasteiger partial charge in [-0.1, -0.05) is 0 Å². The fourth-order valence-corrected chi connectivity index (χ4v) is 2.39. The van der Waals surface area contributed by atoms with Crippen LogP contribution in [0.25, 0.3) is 0 Å². The lowest BCUT2D eigenvalue weighted by Crippen LogP contribution is -2.22. The Hall–Kier alpha value is -1.91. The molecule has 0 aliphatic heterocycles. The molecule has 0 amide bonds. The predicted octanol–water partition coefficient (Wildman–Crippen LogP) is 2.25. The molecule has 0 bridgehead atoms. The molecule has 0 unspecified atom stereocenters. The van der Waals surface area contributed by atoms with Gasteiger partial charge in [0.2, 0.25) is 0 Å². The van der Waals surface area contributed by atoms with Crippen LogP contribution in [0.1, 0.15) is 30.7 Å². The van der Waals surface area contributed by atoms with Crippen molar-refractivity contribution in [2.45, 2.75) is 25.2 Å². The van der Waals surface area contributed by atoms with Crippen LogP contribution in [0.2, 0.25) is 0 Å². The van der Waals surface area contributed by atoms with Crippen molar-refractivity contribution in [2.24, 2.45) is 0 Å². The Balaban J connectivity index is 2.38. The molecule has 2 rings (SSSR count). The summed E-state index contributed by atoms with van der Waals surface area (Å²) in [5.74, 6) is -0.494. The maximum Gasteiger partial charge on any atom is 0.163 e. The molecule has 102 valence electrons. The van der Waals surface area contributed by atoms with Crippen molar-refractivity contribution in [1.29, 1.82) is 0 Å². The molecule has 0 saturated heterocycles. The van der Waals surface area contributed by atoms with Crippen LogP contribution in [0.4, 0.5) is 4.39 Å². The van der Waals surface area contributed by atoms with E-state index in [0.29, 0.717) is 11.3 Å². The molecule has 0 spiro atoms. The number of methoxy groups -OCH3 is 2. The zero-order valence-electron chi connectivity index (χ0n) is 10.9. The predicted molar refractivity (Wildman–Crippen MR) is 66.1 cm³/mol. The molecule has 19 heavy (non-hydrogen) atoms. The van der Waals surface area contributed by atoms with Crippen molar-refractivity contribution in [3.8, 4) is 11.5 Å². The first-order valence-electron chi connectivity index (χ1n) is 6.00. The second kappa shape index (κ2) is 5.38. The highest BCUT2D eigenvalue weighted by molar-refractivity contribution is 6.02. The van der Waals surface area contributed by atoms with E-state index in [2.05, 4.69) is 0 Å². The number of carbonyl (C=O) groups excluding carboxylic acids is 2. The minimum absolute atomic E-state index is 0.0363. The zero-order chi connectivity index (χ0) is 14.0. The van der Waals surface area contributed by atoms with Crippen molar-refractivity contribution in [3.05, 3.63) is 23.5 Å². The number of carbonyl (C=O) groups is 2. The van der Waals surface area contributed by atoms with Gasteiger partial charge in [-0.2, -0.15) is 0 Å². The van der Waals surface area contributed by atoms with Gasteiger partial charge in [-0.05, 0) is 11.6 Å². The fraction of sp³-hybridized carbons (Fsp3) is 0.429. The van der Waals surface area contributed by atoms with Crippen LogP contribution in [-0.4, -0.2) is 25.8 Å². The topological polar surface area (TPSA) is 52.6 Å². The molecule has 1 aliphatic carbocycles. The van der Waals surface area contributed by atoms with Crippen LogP contribution in [0.5, 0.6) is 11.5 Å². The van der Waals surface area contributed by atoms with Crippen LogP contribution in [0.15, 0.2) is 12.1 Å². The number of hydrogen-bond donors (Lipinski definition) is 0. The summed E-state index contributed by atoms with van der Waals surface area (Å²) >= 11 is 0. The molecule has 1 aromatic rings. The van der Waals surface area contributed by atoms with E-state index in [4.69, 9.17) is 9.47 Å². The molecular weight excluding hydrogens is 251 g/mol. The zero-order valence-corrected chi connectivity index (χ0v) is 10.9. The lowest BCUT2D eigenvalue weighted by molar-refractivity contribution is -0.130. The average Bonchev–Trinajstić information content (AvgIpc) is 2.37. The molecule has 0 N–H and O–H groups in total. The Morgan fingerprint density at radius 1 is 1.05 bits per heavy atom. The lowest BCUT2D eigenvalue weighted by atomic mass is 9.82. The minimum Gasteiger partial charge on any atom is -0.493 e. The van der Waals surface area contributed by atoms with E-state index in [1.165, 1.54) is 26.4 Å². The van der Waals surface area contributed by atoms with Gasteiger partial charge < -0.3 is 9.47 Å². The summed E-state index contributed by atoms with van der Waals surface area (Å²) < 4.78 is 24.2. The van der Waals surface area contributed by atoms with E-state index in [1.807, 2.05) is 0 Å². The monoisotopic (exact) mass is 266 g/mol. The smallest absolute Gasteiger partial charge is 0.163 e. The van der Waals surface area contributed by atoms with Gasteiger partial charge >= 0.3 is 0 Å². The summed E-state index contributed by atoms with van der Waals surface area (Å²) in [6.07, 6.45) is 0.349. The molecule has 1 saturated carbocycles. The van der Waals surface area contributed by atoms with Crippen LogP contribution < -0.4 is 9.47 Å². The highest BCUT2D eigenvalue weighted by atomic mass is 19.1. The largest absolute Gasteiger partial charge is 0.493 e. The SMILES string of the molecule is COc1cc(F)c(C2CC(=O)CC(=O)C2)cc1OC. The summed E-state index contributed by atoms with van der Waals surface area (Å²) in [5.41, 5.74) is 0.332. The van der Waals surface area contributed by atoms with Gasteiger partial charge in [-0.3, -0.25) is 9.59 Å². The second-order valence-electron chi connectivity index (χ2n) is 4.59. The van der Waals surface area contributed by atoms with Crippen molar-refractivity contribution >= 4 is 11.6 Å². The van der Waals surface area contributed by atoms with E-state index in [9.17, 15) is 14.0 Å². The van der Waals surface area contributed by atoms with E-state index in [0.717, 1.165) is 0 Å². The van der Waals surface area contributed by atoms with E-state index < -0.39 is 11.7 Å². The summed E-state index contributed by atoms with van der Waals surface area (Å²) in [4.78, 5) is 22.9. The van der Waals surface area contributed by atoms with Gasteiger partial charge in [0.15, 0.2) is 11.5 Å². The molecule has 1 fully saturated rings. The third-order valence-corrected chi connectivity index (χ3v) is 3.29. The Morgan fingerprint density at radius 2 is 1.58 bits per heavy atom. The third-order valence-electron chi connectivity index (χ3n) is 3.29. The second-order valence-corrected chi connectivity index (χ2v) is 4.59. The lowest BCUT2D eigenvalue weighted by Gasteiger charge is -2.22. The summed E-state index contributed by atoms with van der Waals surface area (Å²) in [5, 5.41) is 0. The highest BCUT2D eigenvalue weighted by Gasteiger charge is 2.29. The van der Waals surface area contributed by atoms with Crippen LogP contribution in [0, 0.1) is 5.82 Å². The molecule has 0 atom stereocenters. The maximum atomic E-state index is 14.0. The quantitative estimate of drug-likeness (QED) is 0.787. The van der Waals surface area contributed by atoms with Crippen molar-refractivity contribution in [3.63, 3.8) is 0 Å². The van der Waals surface area contributed by atoms with Gasteiger partial charge in [0.1, 0.15) is 17.4 Å². The number of Topliss-reactive ketones (excluding diaryl/α,β-unsaturated/α-hetero) is 2. The Labute approximate surface area is 110 Å². The van der Waals surface area contributed by atoms with Crippen LogP contribution in [0.3, 0.4) is 0 Å². The van der Waals surface area contributed by atoms with Gasteiger partial charge in [-0.25, -0.2) is 4.39 Å². The Morgan fingerprint density at radius 3 is 2.11 bits per heavy atom. The molecular formula is C14H15FO4. The molecule has 1 aliphatic rings. The third kappa shape index (κ3) is 2.75. The van der Waals surface area contributed by atoms with Gasteiger partial charge in [0, 0.05) is 24.8 Å². The number of hydrogen-bond acceptors (Lipinski definition) is 4. The normalized spacial score (nSPS) is 16.6. The van der Waals surface area contributed by atoms with Gasteiger partial charge in [-0.15, -0.1) is 0 Å². The number of rotatable bonds is 3. The number of benzene rings is 1. The van der Waals surface area contributed by atoms with E-state index in [-0.39, 0.29) is 36.6 Å². The number of halogens is 1. The number of ether oxygens (including phenoxy) is 2. The number of ketones is 2. The first-order chi connectivity index (χ1) is 9.05. The van der Waals surface area contributed by atoms with E-state index in [1.54, 1.807) is 0 Å². The molecule has 0 radical (unpaired) electrons. The summed E-state index contributed by atoms with van der Waals surface area (Å²) in [6, 6.07) is 2.72. The first kappa shape index (κ1) is 13.5. The molecule has 5 heteroatoms. The first-order valence-corrected chi connectivity index (χ1v) is 6.00. The van der Waals surface area contributed by atoms with Crippen molar-refractivity contribution < 1.29 is 23.5 Å². The Bertz CT molecular complexity index is 508. The van der Waals surface area contributed by atoms with Crippen molar-refractivity contribution in [2.75, 3.05) is 14.2 Å². The van der Waals surface area contributed by atoms with E-state index >= 15 is 0 Å². The molecule has 4 nitrogen and oxygen atoms in total. The molecule has 0 heterocycles. The van der Waals surface area contributed by atoms with Crippen LogP contribution >= 0.6 is 0 Å². The van der Waals surface area contributed by atoms with Crippen LogP contribution in [-0.2, 0) is 9.59 Å². The van der Waals surface area contributed by atoms with Gasteiger partial charge in [0.05, 0.1) is 20.6 Å². The van der Waals surface area contributed by atoms with Crippen molar-refractivity contribution in [1.82, 2.24) is 0 Å². The molecule has 1 aromatic carbocycles. The summed E-state index contributed by atoms with van der Waals surface area (Å²) in [6.45, 7) is 0. The average molecular weight is 266 g/mol. The maximum absolute atomic E-state index is 14.0. The Kier molecular flexibility index (Phi) is 3.83. The highest BCUT2D eigenvalue weighted by Crippen LogP contribution is 2.37. The minimum atomic E-state index is -0.481. The standard InChI is InChI=1S/C14H15FO4/c1-18-13-6-11(12(15)7-14(13)19-2)8-3-9(16)5-10(17)4-8/h6-8H,3-5H2,1-2H3. The van der Waals surface area contributed by atoms with Gasteiger partial charge in [0.25, 0.3) is 0 Å². The summed E-state index contributed by atoms with van der Waals surface area (Å²) in [7, 11) is 2.88. The fourth-order valence-electron chi connectivity index (χ4n) is 2.39. The molecule has 0 aromatic heterocycles.